The number of hydrogen-bond donors (Lipinski definition) is 0. The van der Waals surface area contributed by atoms with Gasteiger partial charge in [-0.15, -0.1) is 0 Å². The summed E-state index contributed by atoms with van der Waals surface area (Å²) in [7, 11) is -7.26. The summed E-state index contributed by atoms with van der Waals surface area (Å²) in [6.45, 7) is 0. The Kier molecular flexibility index (Phi) is 60.2. The van der Waals surface area contributed by atoms with E-state index in [-0.39, 0.29) is 70.5 Å². The van der Waals surface area contributed by atoms with E-state index in [1.165, 1.54) is 0 Å². The molecule has 0 amide bonds. The van der Waals surface area contributed by atoms with E-state index in [0.29, 0.717) is 0 Å². The third kappa shape index (κ3) is 528. The molecule has 0 saturated heterocycles. The van der Waals surface area contributed by atoms with Crippen LogP contribution in [0.5, 0.6) is 0 Å². The predicted octanol–water partition coefficient (Wildman–Crippen LogP) is -7.34. The van der Waals surface area contributed by atoms with Crippen molar-refractivity contribution >= 4 is 83.4 Å². The van der Waals surface area contributed by atoms with Crippen LogP contribution in [-0.4, -0.2) is 88.9 Å². The van der Waals surface area contributed by atoms with Crippen LogP contribution < -0.4 is 19.2 Å². The van der Waals surface area contributed by atoms with Gasteiger partial charge in [0.2, 0.25) is 0 Å². The maximum absolute atomic E-state index is 8.52. The van der Waals surface area contributed by atoms with Gasteiger partial charge in [0.25, 0.3) is 0 Å². The molecule has 0 aliphatic carbocycles. The van der Waals surface area contributed by atoms with Gasteiger partial charge in [0.15, 0.2) is 0 Å². The standard InChI is InChI=1S/Ca.2O3Si.H2O.Pb/c;2*1-4(2)3;;/h;;;1H2;/q+2;2*-2;;+2. The van der Waals surface area contributed by atoms with Crippen LogP contribution >= 0.6 is 0 Å². The van der Waals surface area contributed by atoms with E-state index in [1.807, 2.05) is 0 Å². The fourth-order valence-electron chi connectivity index (χ4n) is 0. The summed E-state index contributed by atoms with van der Waals surface area (Å²) in [5, 5.41) is 0. The van der Waals surface area contributed by atoms with Crippen molar-refractivity contribution in [1.29, 1.82) is 0 Å². The van der Waals surface area contributed by atoms with Crippen LogP contribution in [0.25, 0.3) is 0 Å². The van der Waals surface area contributed by atoms with E-state index >= 15 is 0 Å². The van der Waals surface area contributed by atoms with Crippen molar-refractivity contribution in [2.24, 2.45) is 0 Å². The average molecular weight is 417 g/mol. The van der Waals surface area contributed by atoms with Crippen LogP contribution in [0.4, 0.5) is 0 Å². The summed E-state index contributed by atoms with van der Waals surface area (Å²) in [4.78, 5) is 34.1. The smallest absolute Gasteiger partial charge is 0.672 e. The fourth-order valence-corrected chi connectivity index (χ4v) is 0. The Morgan fingerprint density at radius 2 is 0.818 bits per heavy atom. The molecule has 0 aromatic carbocycles. The predicted molar refractivity (Wildman–Crippen MR) is 28.0 cm³/mol. The maximum atomic E-state index is 8.52. The van der Waals surface area contributed by atoms with Crippen molar-refractivity contribution in [3.8, 4) is 0 Å². The first-order valence-corrected chi connectivity index (χ1v) is 3.67. The Labute approximate surface area is 115 Å². The van der Waals surface area contributed by atoms with E-state index in [2.05, 4.69) is 0 Å². The molecule has 0 aromatic rings. The number of rotatable bonds is 0. The van der Waals surface area contributed by atoms with Crippen LogP contribution in [0, 0.1) is 0 Å². The van der Waals surface area contributed by atoms with E-state index in [9.17, 15) is 0 Å². The van der Waals surface area contributed by atoms with Crippen molar-refractivity contribution in [2.45, 2.75) is 0 Å². The van der Waals surface area contributed by atoms with Crippen LogP contribution in [0.3, 0.4) is 0 Å². The Hall–Kier alpha value is 1.38. The molecule has 11 heavy (non-hydrogen) atoms. The van der Waals surface area contributed by atoms with Crippen LogP contribution in [0.15, 0.2) is 0 Å². The quantitative estimate of drug-likeness (QED) is 0.356. The summed E-state index contributed by atoms with van der Waals surface area (Å²) < 4.78 is 17.0. The summed E-state index contributed by atoms with van der Waals surface area (Å²) in [6, 6.07) is 0. The summed E-state index contributed by atoms with van der Waals surface area (Å²) in [6.07, 6.45) is 0. The molecular formula is H2CaO7PbSi2. The van der Waals surface area contributed by atoms with Gasteiger partial charge in [0.1, 0.15) is 0 Å². The molecule has 0 fully saturated rings. The van der Waals surface area contributed by atoms with Gasteiger partial charge in [-0.1, -0.05) is 0 Å². The topological polar surface area (TPSA) is 158 Å². The minimum Gasteiger partial charge on any atom is -0.672 e. The second-order valence-corrected chi connectivity index (χ2v) is 1.50. The SMILES string of the molecule is O.O=[Si]([O-])[O-].O=[Si]([O-])[O-].[Ca+2].[Pb+2]. The molecule has 0 heterocycles. The Morgan fingerprint density at radius 1 is 0.818 bits per heavy atom. The molecule has 0 aliphatic rings. The van der Waals surface area contributed by atoms with Crippen molar-refractivity contribution < 1.29 is 33.6 Å². The first kappa shape index (κ1) is 29.4. The molecule has 58 valence electrons. The summed E-state index contributed by atoms with van der Waals surface area (Å²) in [5.74, 6) is 0. The second-order valence-electron chi connectivity index (χ2n) is 0.500. The van der Waals surface area contributed by atoms with Gasteiger partial charge in [-0.25, -0.2) is 0 Å². The first-order chi connectivity index (χ1) is 3.46. The molecule has 0 bridgehead atoms. The van der Waals surface area contributed by atoms with Crippen LogP contribution in [0.1, 0.15) is 0 Å². The zero-order chi connectivity index (χ0) is 7.15. The first-order valence-electron chi connectivity index (χ1n) is 1.22. The van der Waals surface area contributed by atoms with Gasteiger partial charge in [-0.2, -0.15) is 0 Å². The van der Waals surface area contributed by atoms with Crippen LogP contribution in [-0.2, 0) is 8.92 Å². The fraction of sp³-hybridized carbons (Fsp3) is 0. The normalized spacial score (nSPS) is 4.36. The summed E-state index contributed by atoms with van der Waals surface area (Å²) >= 11 is 0. The zero-order valence-corrected chi connectivity index (χ0v) is 13.3. The summed E-state index contributed by atoms with van der Waals surface area (Å²) in [5.41, 5.74) is 0. The van der Waals surface area contributed by atoms with Gasteiger partial charge in [0.05, 0.1) is 0 Å². The molecule has 2 radical (unpaired) electrons. The molecule has 0 atom stereocenters. The van der Waals surface area contributed by atoms with E-state index < -0.39 is 18.3 Å². The Bertz CT molecular complexity index is 74.4. The third-order valence-electron chi connectivity index (χ3n) is 0. The van der Waals surface area contributed by atoms with Crippen LogP contribution in [0.2, 0.25) is 0 Å². The van der Waals surface area contributed by atoms with Crippen molar-refractivity contribution in [3.05, 3.63) is 0 Å². The molecule has 0 aliphatic heterocycles. The van der Waals surface area contributed by atoms with Gasteiger partial charge < -0.3 is 33.6 Å². The van der Waals surface area contributed by atoms with Gasteiger partial charge in [0, 0.05) is 18.3 Å². The molecule has 0 saturated carbocycles. The molecule has 0 unspecified atom stereocenters. The Morgan fingerprint density at radius 3 is 0.818 bits per heavy atom. The molecular weight excluding hydrogens is 415 g/mol. The van der Waals surface area contributed by atoms with E-state index in [4.69, 9.17) is 28.1 Å². The maximum Gasteiger partial charge on any atom is 2.00 e. The van der Waals surface area contributed by atoms with Gasteiger partial charge in [-0.05, 0) is 0 Å². The molecule has 0 aromatic heterocycles. The van der Waals surface area contributed by atoms with Crippen molar-refractivity contribution in [2.75, 3.05) is 0 Å². The molecule has 7 nitrogen and oxygen atoms in total. The van der Waals surface area contributed by atoms with Gasteiger partial charge in [-0.3, -0.25) is 0 Å². The zero-order valence-electron chi connectivity index (χ0n) is 5.16. The molecule has 2 N–H and O–H groups in total. The van der Waals surface area contributed by atoms with Crippen molar-refractivity contribution in [3.63, 3.8) is 0 Å². The largest absolute Gasteiger partial charge is 2.00 e. The molecule has 0 spiro atoms. The van der Waals surface area contributed by atoms with E-state index in [0.717, 1.165) is 0 Å². The van der Waals surface area contributed by atoms with Gasteiger partial charge >= 0.3 is 65.0 Å². The minimum absolute atomic E-state index is 0. The second kappa shape index (κ2) is 22.5. The van der Waals surface area contributed by atoms with E-state index in [1.54, 1.807) is 0 Å². The molecule has 11 heteroatoms. The average Bonchev–Trinajstić information content (AvgIpc) is 1.25. The molecule has 0 rings (SSSR count). The van der Waals surface area contributed by atoms with Crippen molar-refractivity contribution in [1.82, 2.24) is 0 Å². The minimum atomic E-state index is -3.63. The monoisotopic (exact) mass is 418 g/mol. The Balaban J connectivity index is -0.0000000171. The number of hydrogen-bond acceptors (Lipinski definition) is 6. The third-order valence-corrected chi connectivity index (χ3v) is 0.